The smallest absolute Gasteiger partial charge is 0.414 e. The van der Waals surface area contributed by atoms with Gasteiger partial charge in [0, 0.05) is 36.5 Å². The largest absolute Gasteiger partial charge is 0.515 e. The molecule has 5 N–H and O–H groups in total. The van der Waals surface area contributed by atoms with Crippen LogP contribution in [0.5, 0.6) is 0 Å². The van der Waals surface area contributed by atoms with Crippen molar-refractivity contribution in [3.63, 3.8) is 0 Å². The van der Waals surface area contributed by atoms with Gasteiger partial charge in [0.05, 0.1) is 31.4 Å². The monoisotopic (exact) mass is 557 g/mol. The van der Waals surface area contributed by atoms with E-state index in [1.165, 1.54) is 34.2 Å². The number of hydrogen-bond acceptors (Lipinski definition) is 9. The summed E-state index contributed by atoms with van der Waals surface area (Å²) in [7, 11) is 0. The van der Waals surface area contributed by atoms with Gasteiger partial charge in [0.15, 0.2) is 12.2 Å². The Balaban J connectivity index is 1.63. The van der Waals surface area contributed by atoms with Crippen molar-refractivity contribution in [2.45, 2.75) is 25.6 Å². The zero-order chi connectivity index (χ0) is 29.1. The normalized spacial score (nSPS) is 16.1. The highest BCUT2D eigenvalue weighted by Gasteiger charge is 2.33. The van der Waals surface area contributed by atoms with Crippen molar-refractivity contribution in [1.29, 1.82) is 5.41 Å². The number of amides is 2. The van der Waals surface area contributed by atoms with E-state index in [4.69, 9.17) is 25.1 Å². The van der Waals surface area contributed by atoms with Gasteiger partial charge in [-0.25, -0.2) is 14.2 Å². The molecule has 1 aromatic carbocycles. The number of allylic oxidation sites excluding steroid dienone is 2. The Morgan fingerprint density at radius 1 is 1.40 bits per heavy atom. The molecule has 40 heavy (non-hydrogen) atoms. The number of carbonyl (C=O) groups excluding carboxylic acids is 2. The molecule has 2 unspecified atom stereocenters. The number of benzene rings is 1. The van der Waals surface area contributed by atoms with Crippen LogP contribution in [0.3, 0.4) is 0 Å². The van der Waals surface area contributed by atoms with Crippen molar-refractivity contribution < 1.29 is 38.8 Å². The maximum Gasteiger partial charge on any atom is 0.414 e. The number of halogens is 1. The van der Waals surface area contributed by atoms with Crippen LogP contribution in [0.15, 0.2) is 60.7 Å². The molecule has 13 heteroatoms. The molecule has 214 valence electrons. The number of ether oxygens (including phenoxy) is 2. The fourth-order valence-corrected chi connectivity index (χ4v) is 3.82. The molecule has 2 aromatic rings. The third kappa shape index (κ3) is 7.77. The van der Waals surface area contributed by atoms with Crippen molar-refractivity contribution in [3.05, 3.63) is 66.5 Å². The predicted molar refractivity (Wildman–Crippen MR) is 146 cm³/mol. The maximum atomic E-state index is 15.1. The number of nitrogens with one attached hydrogen (secondary N) is 2. The Morgan fingerprint density at radius 3 is 2.83 bits per heavy atom. The number of rotatable bonds is 14. The van der Waals surface area contributed by atoms with Crippen LogP contribution in [-0.2, 0) is 14.3 Å². The van der Waals surface area contributed by atoms with Gasteiger partial charge in [-0.15, -0.1) is 0 Å². The molecule has 1 aromatic heterocycles. The molecule has 2 heterocycles. The summed E-state index contributed by atoms with van der Waals surface area (Å²) in [6, 6.07) is 7.58. The number of nitrogens with zero attached hydrogens (tertiary/aromatic N) is 3. The van der Waals surface area contributed by atoms with Gasteiger partial charge in [-0.3, -0.25) is 15.1 Å². The highest BCUT2D eigenvalue weighted by molar-refractivity contribution is 5.90. The minimum Gasteiger partial charge on any atom is -0.515 e. The lowest BCUT2D eigenvalue weighted by molar-refractivity contribution is -0.131. The number of aromatic nitrogens is 1. The number of carbonyl (C=O) groups is 2. The number of pyridine rings is 1. The number of anilines is 2. The molecule has 1 aliphatic heterocycles. The highest BCUT2D eigenvalue weighted by atomic mass is 19.1. The van der Waals surface area contributed by atoms with Gasteiger partial charge in [0.2, 0.25) is 0 Å². The molecule has 1 aliphatic rings. The van der Waals surface area contributed by atoms with Crippen molar-refractivity contribution in [3.8, 4) is 11.1 Å². The second-order valence-electron chi connectivity index (χ2n) is 8.64. The third-order valence-electron chi connectivity index (χ3n) is 5.85. The zero-order valence-electron chi connectivity index (χ0n) is 21.9. The first-order valence-electron chi connectivity index (χ1n) is 12.5. The Kier molecular flexibility index (Phi) is 11.0. The van der Waals surface area contributed by atoms with Crippen LogP contribution in [0.4, 0.5) is 20.7 Å². The quantitative estimate of drug-likeness (QED) is 0.101. The molecular weight excluding hydrogens is 525 g/mol. The Morgan fingerprint density at radius 2 is 2.20 bits per heavy atom. The molecule has 1 saturated heterocycles. The first-order chi connectivity index (χ1) is 19.3. The summed E-state index contributed by atoms with van der Waals surface area (Å²) in [4.78, 5) is 31.0. The molecule has 12 nitrogen and oxygen atoms in total. The fraction of sp³-hybridized carbons (Fsp3) is 0.333. The summed E-state index contributed by atoms with van der Waals surface area (Å²) in [5.41, 5.74) is 1.05. The van der Waals surface area contributed by atoms with E-state index in [2.05, 4.69) is 10.3 Å². The molecule has 0 radical (unpaired) electrons. The molecule has 2 atom stereocenters. The number of aliphatic hydroxyl groups excluding tert-OH is 3. The molecule has 1 fully saturated rings. The molecule has 0 saturated carbocycles. The van der Waals surface area contributed by atoms with Gasteiger partial charge in [-0.2, -0.15) is 0 Å². The molecule has 0 aliphatic carbocycles. The van der Waals surface area contributed by atoms with Crippen LogP contribution in [0.1, 0.15) is 13.3 Å². The van der Waals surface area contributed by atoms with Crippen LogP contribution in [0.2, 0.25) is 0 Å². The van der Waals surface area contributed by atoms with Crippen LogP contribution in [-0.4, -0.2) is 83.7 Å². The zero-order valence-corrected chi connectivity index (χ0v) is 21.9. The highest BCUT2D eigenvalue weighted by Crippen LogP contribution is 2.29. The standard InChI is InChI=1S/C27H32FN5O7/c1-2-3-20(8-11-34)39-16-21-14-33(27(38)40-21)19-5-6-22(23(28)12-19)18-4-7-25(31-13-18)32(17-29)10-9-30-26(37)24(36)15-35/h3-8,11-13,17,21,24,29,34-36H,2,9-10,14-16H2,1H3,(H,30,37)/b11-8-,20-3+,29-17?. The average molecular weight is 558 g/mol. The van der Waals surface area contributed by atoms with E-state index >= 15 is 4.39 Å². The van der Waals surface area contributed by atoms with E-state index in [1.54, 1.807) is 24.3 Å². The topological polar surface area (TPSA) is 169 Å². The van der Waals surface area contributed by atoms with Crippen LogP contribution >= 0.6 is 0 Å². The number of hydrogen-bond donors (Lipinski definition) is 5. The molecule has 0 spiro atoms. The first-order valence-corrected chi connectivity index (χ1v) is 12.5. The summed E-state index contributed by atoms with van der Waals surface area (Å²) < 4.78 is 26.0. The summed E-state index contributed by atoms with van der Waals surface area (Å²) in [6.45, 7) is 1.72. The lowest BCUT2D eigenvalue weighted by atomic mass is 10.1. The van der Waals surface area contributed by atoms with E-state index in [0.29, 0.717) is 29.2 Å². The maximum absolute atomic E-state index is 15.1. The van der Waals surface area contributed by atoms with Gasteiger partial charge < -0.3 is 35.0 Å². The minimum absolute atomic E-state index is 0.0702. The van der Waals surface area contributed by atoms with Gasteiger partial charge in [-0.05, 0) is 42.8 Å². The Labute approximate surface area is 230 Å². The molecule has 3 rings (SSSR count). The van der Waals surface area contributed by atoms with Gasteiger partial charge in [-0.1, -0.05) is 6.92 Å². The van der Waals surface area contributed by atoms with Crippen molar-refractivity contribution in [2.75, 3.05) is 42.6 Å². The van der Waals surface area contributed by atoms with Crippen molar-refractivity contribution >= 4 is 29.8 Å². The Bertz CT molecular complexity index is 1240. The fourth-order valence-electron chi connectivity index (χ4n) is 3.82. The molecule has 2 amide bonds. The second kappa shape index (κ2) is 14.6. The molecular formula is C27H32FN5O7. The van der Waals surface area contributed by atoms with E-state index in [1.807, 2.05) is 6.92 Å². The SMILES string of the molecule is CC/C=C(\C=C/O)OCC1CN(c2ccc(-c3ccc(N(C=N)CCNC(=O)C(O)CO)nc3)c(F)c2)C(=O)O1. The van der Waals surface area contributed by atoms with E-state index in [0.717, 1.165) is 12.6 Å². The van der Waals surface area contributed by atoms with E-state index < -0.39 is 36.6 Å². The lowest BCUT2D eigenvalue weighted by Gasteiger charge is -2.19. The van der Waals surface area contributed by atoms with Gasteiger partial charge in [0.25, 0.3) is 5.91 Å². The third-order valence-corrected chi connectivity index (χ3v) is 5.85. The summed E-state index contributed by atoms with van der Waals surface area (Å²) in [5, 5.41) is 37.1. The van der Waals surface area contributed by atoms with Gasteiger partial charge >= 0.3 is 6.09 Å². The lowest BCUT2D eigenvalue weighted by Crippen LogP contribution is -2.41. The first kappa shape index (κ1) is 30.1. The van der Waals surface area contributed by atoms with Crippen LogP contribution in [0, 0.1) is 11.2 Å². The minimum atomic E-state index is -1.52. The van der Waals surface area contributed by atoms with Crippen molar-refractivity contribution in [1.82, 2.24) is 10.3 Å². The number of aliphatic hydroxyl groups is 3. The summed E-state index contributed by atoms with van der Waals surface area (Å²) >= 11 is 0. The van der Waals surface area contributed by atoms with E-state index in [9.17, 15) is 14.7 Å². The predicted octanol–water partition coefficient (Wildman–Crippen LogP) is 2.48. The van der Waals surface area contributed by atoms with E-state index in [-0.39, 0.29) is 31.8 Å². The van der Waals surface area contributed by atoms with Gasteiger partial charge in [0.1, 0.15) is 24.0 Å². The van der Waals surface area contributed by atoms with Crippen molar-refractivity contribution in [2.24, 2.45) is 0 Å². The molecule has 0 bridgehead atoms. The Hall–Kier alpha value is -4.49. The second-order valence-corrected chi connectivity index (χ2v) is 8.64. The van der Waals surface area contributed by atoms with Crippen LogP contribution in [0.25, 0.3) is 11.1 Å². The summed E-state index contributed by atoms with van der Waals surface area (Å²) in [5.74, 6) is -0.473. The van der Waals surface area contributed by atoms with Crippen LogP contribution < -0.4 is 15.1 Å². The average Bonchev–Trinajstić information content (AvgIpc) is 3.34. The summed E-state index contributed by atoms with van der Waals surface area (Å²) in [6.07, 6.45) is 4.45. The number of cyclic esters (lactones) is 1.